The number of carboxylic acid groups (broad SMARTS) is 1. The number of hydrogen-bond donors (Lipinski definition) is 1. The van der Waals surface area contributed by atoms with Gasteiger partial charge in [-0.2, -0.15) is 8.78 Å². The van der Waals surface area contributed by atoms with E-state index in [1.54, 1.807) is 4.90 Å². The number of carboxylic acids is 1. The molecule has 7 heteroatoms. The zero-order chi connectivity index (χ0) is 27.6. The summed E-state index contributed by atoms with van der Waals surface area (Å²) in [7, 11) is 0. The molecule has 0 saturated heterocycles. The Hall–Kier alpha value is -4.52. The minimum atomic E-state index is -2.93. The normalized spacial score (nSPS) is 10.8. The molecule has 0 fully saturated rings. The highest BCUT2D eigenvalue weighted by molar-refractivity contribution is 5.94. The van der Waals surface area contributed by atoms with Crippen molar-refractivity contribution in [3.8, 4) is 16.9 Å². The molecule has 200 valence electrons. The van der Waals surface area contributed by atoms with Crippen LogP contribution in [0, 0.1) is 0 Å². The lowest BCUT2D eigenvalue weighted by atomic mass is 9.97. The number of ether oxygens (including phenoxy) is 1. The van der Waals surface area contributed by atoms with Crippen molar-refractivity contribution in [3.63, 3.8) is 0 Å². The van der Waals surface area contributed by atoms with Crippen molar-refractivity contribution in [1.29, 1.82) is 0 Å². The van der Waals surface area contributed by atoms with E-state index < -0.39 is 12.6 Å². The second kappa shape index (κ2) is 13.3. The second-order valence-corrected chi connectivity index (χ2v) is 9.14. The molecule has 0 aliphatic rings. The molecule has 0 aliphatic carbocycles. The summed E-state index contributed by atoms with van der Waals surface area (Å²) in [5.41, 5.74) is 4.97. The molecule has 0 atom stereocenters. The Kier molecular flexibility index (Phi) is 9.40. The molecule has 39 heavy (non-hydrogen) atoms. The van der Waals surface area contributed by atoms with Gasteiger partial charge in [-0.3, -0.25) is 9.59 Å². The summed E-state index contributed by atoms with van der Waals surface area (Å²) in [4.78, 5) is 26.5. The fourth-order valence-corrected chi connectivity index (χ4v) is 4.46. The molecule has 0 aromatic heterocycles. The Bertz CT molecular complexity index is 1370. The van der Waals surface area contributed by atoms with E-state index >= 15 is 0 Å². The third kappa shape index (κ3) is 7.98. The molecule has 0 bridgehead atoms. The Morgan fingerprint density at radius 2 is 1.46 bits per heavy atom. The predicted molar refractivity (Wildman–Crippen MR) is 146 cm³/mol. The monoisotopic (exact) mass is 529 g/mol. The van der Waals surface area contributed by atoms with Gasteiger partial charge in [-0.25, -0.2) is 0 Å². The number of alkyl halides is 2. The van der Waals surface area contributed by atoms with Gasteiger partial charge in [-0.1, -0.05) is 78.9 Å². The zero-order valence-electron chi connectivity index (χ0n) is 21.3. The van der Waals surface area contributed by atoms with E-state index in [-0.39, 0.29) is 18.1 Å². The van der Waals surface area contributed by atoms with Crippen LogP contribution in [0.25, 0.3) is 11.1 Å². The van der Waals surface area contributed by atoms with Crippen molar-refractivity contribution >= 4 is 11.9 Å². The molecule has 5 nitrogen and oxygen atoms in total. The standard InChI is InChI=1S/C32H29F2NO4/c33-32(34)39-28-18-16-26(17-19-28)31(38)35(20-6-9-23-7-2-1-3-8-23)22-24-12-14-25(15-13-24)29-11-5-4-10-27(29)21-30(36)37/h1-5,7-8,10-19,32H,6,9,20-22H2,(H,36,37). The van der Waals surface area contributed by atoms with Crippen LogP contribution >= 0.6 is 0 Å². The van der Waals surface area contributed by atoms with E-state index in [9.17, 15) is 23.5 Å². The van der Waals surface area contributed by atoms with Gasteiger partial charge in [0.05, 0.1) is 6.42 Å². The Labute approximate surface area is 226 Å². The first kappa shape index (κ1) is 27.5. The summed E-state index contributed by atoms with van der Waals surface area (Å²) >= 11 is 0. The number of rotatable bonds is 12. The number of benzene rings is 4. The third-order valence-corrected chi connectivity index (χ3v) is 6.35. The number of hydrogen-bond acceptors (Lipinski definition) is 3. The maximum absolute atomic E-state index is 13.4. The highest BCUT2D eigenvalue weighted by atomic mass is 19.3. The van der Waals surface area contributed by atoms with Gasteiger partial charge >= 0.3 is 12.6 Å². The predicted octanol–water partition coefficient (Wildman–Crippen LogP) is 6.86. The maximum Gasteiger partial charge on any atom is 0.387 e. The van der Waals surface area contributed by atoms with Crippen LogP contribution in [0.4, 0.5) is 8.78 Å². The van der Waals surface area contributed by atoms with Crippen molar-refractivity contribution in [2.45, 2.75) is 32.4 Å². The summed E-state index contributed by atoms with van der Waals surface area (Å²) in [5.74, 6) is -1.10. The van der Waals surface area contributed by atoms with Crippen LogP contribution in [-0.2, 0) is 24.2 Å². The van der Waals surface area contributed by atoms with Crippen molar-refractivity contribution < 1.29 is 28.2 Å². The van der Waals surface area contributed by atoms with E-state index in [2.05, 4.69) is 16.9 Å². The Morgan fingerprint density at radius 1 is 0.795 bits per heavy atom. The summed E-state index contributed by atoms with van der Waals surface area (Å²) in [6.07, 6.45) is 1.50. The van der Waals surface area contributed by atoms with Crippen LogP contribution in [0.5, 0.6) is 5.75 Å². The first-order valence-corrected chi connectivity index (χ1v) is 12.7. The maximum atomic E-state index is 13.4. The quantitative estimate of drug-likeness (QED) is 0.218. The lowest BCUT2D eigenvalue weighted by Crippen LogP contribution is -2.31. The molecule has 0 aliphatic heterocycles. The van der Waals surface area contributed by atoms with Crippen molar-refractivity contribution in [2.24, 2.45) is 0 Å². The molecule has 0 spiro atoms. The van der Waals surface area contributed by atoms with Gasteiger partial charge in [0.1, 0.15) is 5.75 Å². The highest BCUT2D eigenvalue weighted by Crippen LogP contribution is 2.25. The van der Waals surface area contributed by atoms with Crippen molar-refractivity contribution in [3.05, 3.63) is 125 Å². The summed E-state index contributed by atoms with van der Waals surface area (Å²) in [5, 5.41) is 9.25. The fraction of sp³-hybridized carbons (Fsp3) is 0.188. The van der Waals surface area contributed by atoms with E-state index in [0.717, 1.165) is 35.1 Å². The SMILES string of the molecule is O=C(O)Cc1ccccc1-c1ccc(CN(CCCc2ccccc2)C(=O)c2ccc(OC(F)F)cc2)cc1. The van der Waals surface area contributed by atoms with Crippen LogP contribution in [0.2, 0.25) is 0 Å². The number of carbonyl (C=O) groups is 2. The average molecular weight is 530 g/mol. The minimum absolute atomic E-state index is 0.00375. The lowest BCUT2D eigenvalue weighted by molar-refractivity contribution is -0.136. The zero-order valence-corrected chi connectivity index (χ0v) is 21.3. The van der Waals surface area contributed by atoms with Crippen LogP contribution in [0.1, 0.15) is 33.5 Å². The molecular weight excluding hydrogens is 500 g/mol. The topological polar surface area (TPSA) is 66.8 Å². The van der Waals surface area contributed by atoms with Gasteiger partial charge in [0.2, 0.25) is 0 Å². The van der Waals surface area contributed by atoms with Gasteiger partial charge in [-0.15, -0.1) is 0 Å². The largest absolute Gasteiger partial charge is 0.481 e. The number of amides is 1. The third-order valence-electron chi connectivity index (χ3n) is 6.35. The summed E-state index contributed by atoms with van der Waals surface area (Å²) in [6, 6.07) is 30.9. The van der Waals surface area contributed by atoms with Crippen LogP contribution in [0.15, 0.2) is 103 Å². The molecule has 0 radical (unpaired) electrons. The molecule has 0 heterocycles. The fourth-order valence-electron chi connectivity index (χ4n) is 4.46. The van der Waals surface area contributed by atoms with E-state index in [1.807, 2.05) is 66.7 Å². The van der Waals surface area contributed by atoms with Crippen molar-refractivity contribution in [2.75, 3.05) is 6.54 Å². The van der Waals surface area contributed by atoms with E-state index in [4.69, 9.17) is 0 Å². The molecule has 4 aromatic carbocycles. The highest BCUT2D eigenvalue weighted by Gasteiger charge is 2.17. The number of aliphatic carboxylic acids is 1. The molecule has 1 N–H and O–H groups in total. The van der Waals surface area contributed by atoms with Crippen LogP contribution in [-0.4, -0.2) is 35.0 Å². The van der Waals surface area contributed by atoms with Gasteiger partial charge in [0, 0.05) is 18.7 Å². The van der Waals surface area contributed by atoms with Gasteiger partial charge in [0.15, 0.2) is 0 Å². The average Bonchev–Trinajstić information content (AvgIpc) is 2.93. The van der Waals surface area contributed by atoms with Crippen LogP contribution in [0.3, 0.4) is 0 Å². The van der Waals surface area contributed by atoms with Gasteiger partial charge in [-0.05, 0) is 64.9 Å². The van der Waals surface area contributed by atoms with Crippen molar-refractivity contribution in [1.82, 2.24) is 4.90 Å². The van der Waals surface area contributed by atoms with Gasteiger partial charge < -0.3 is 14.7 Å². The number of aryl methyl sites for hydroxylation is 1. The van der Waals surface area contributed by atoms with Gasteiger partial charge in [0.25, 0.3) is 5.91 Å². The number of nitrogens with zero attached hydrogens (tertiary/aromatic N) is 1. The Morgan fingerprint density at radius 3 is 2.13 bits per heavy atom. The Balaban J connectivity index is 1.51. The van der Waals surface area contributed by atoms with E-state index in [1.165, 1.54) is 29.8 Å². The minimum Gasteiger partial charge on any atom is -0.481 e. The number of carbonyl (C=O) groups excluding carboxylic acids is 1. The van der Waals surface area contributed by atoms with Crippen LogP contribution < -0.4 is 4.74 Å². The lowest BCUT2D eigenvalue weighted by Gasteiger charge is -2.23. The molecule has 0 saturated carbocycles. The summed E-state index contributed by atoms with van der Waals surface area (Å²) in [6.45, 7) is -2.06. The molecule has 1 amide bonds. The first-order chi connectivity index (χ1) is 18.9. The summed E-state index contributed by atoms with van der Waals surface area (Å²) < 4.78 is 29.4. The molecule has 4 rings (SSSR count). The number of halogens is 2. The smallest absolute Gasteiger partial charge is 0.387 e. The molecule has 4 aromatic rings. The second-order valence-electron chi connectivity index (χ2n) is 9.14. The molecule has 0 unspecified atom stereocenters. The first-order valence-electron chi connectivity index (χ1n) is 12.7. The molecular formula is C32H29F2NO4. The van der Waals surface area contributed by atoms with E-state index in [0.29, 0.717) is 18.7 Å².